The number of carbonyl (C=O) groups is 9. The van der Waals surface area contributed by atoms with Crippen LogP contribution in [0.5, 0.6) is 0 Å². The fraction of sp³-hybridized carbons (Fsp3) is 0.0217. The molecule has 6 aromatic carbocycles. The Bertz CT molecular complexity index is 2910. The Morgan fingerprint density at radius 1 is 0.373 bits per heavy atom. The quantitative estimate of drug-likeness (QED) is 0.111. The summed E-state index contributed by atoms with van der Waals surface area (Å²) in [6.07, 6.45) is 0. The van der Waals surface area contributed by atoms with E-state index >= 15 is 0 Å². The third-order valence-corrected chi connectivity index (χ3v) is 10.2. The number of carbonyl (C=O) groups excluding carboxylic acids is 7. The van der Waals surface area contributed by atoms with Gasteiger partial charge in [0.1, 0.15) is 0 Å². The van der Waals surface area contributed by atoms with E-state index in [-0.39, 0.29) is 78.1 Å². The van der Waals surface area contributed by atoms with Crippen LogP contribution in [-0.4, -0.2) is 63.1 Å². The summed E-state index contributed by atoms with van der Waals surface area (Å²) < 4.78 is 0. The highest BCUT2D eigenvalue weighted by Crippen LogP contribution is 2.34. The van der Waals surface area contributed by atoms with Crippen molar-refractivity contribution in [2.45, 2.75) is 6.92 Å². The van der Waals surface area contributed by atoms with E-state index < -0.39 is 52.9 Å². The summed E-state index contributed by atoms with van der Waals surface area (Å²) in [6, 6.07) is 29.1. The van der Waals surface area contributed by atoms with Crippen LogP contribution in [0.4, 0.5) is 11.4 Å². The summed E-state index contributed by atoms with van der Waals surface area (Å²) in [5, 5.41) is 18.3. The van der Waals surface area contributed by atoms with Crippen molar-refractivity contribution in [1.29, 1.82) is 0 Å². The second-order valence-corrected chi connectivity index (χ2v) is 13.7. The van der Waals surface area contributed by atoms with Gasteiger partial charge in [0.2, 0.25) is 0 Å². The Kier molecular flexibility index (Phi) is 9.05. The molecule has 0 unspecified atom stereocenters. The van der Waals surface area contributed by atoms with Gasteiger partial charge in [-0.25, -0.2) is 19.4 Å². The molecule has 0 aromatic heterocycles. The van der Waals surface area contributed by atoms with Crippen LogP contribution in [-0.2, 0) is 0 Å². The largest absolute Gasteiger partial charge is 0.478 e. The van der Waals surface area contributed by atoms with E-state index in [0.717, 1.165) is 9.80 Å². The maximum absolute atomic E-state index is 13.6. The molecule has 286 valence electrons. The van der Waals surface area contributed by atoms with Crippen LogP contribution < -0.4 is 9.80 Å². The lowest BCUT2D eigenvalue weighted by molar-refractivity contribution is 0.0686. The number of carboxylic acid groups (broad SMARTS) is 2. The van der Waals surface area contributed by atoms with Gasteiger partial charge in [0.05, 0.1) is 44.8 Å². The summed E-state index contributed by atoms with van der Waals surface area (Å²) in [6.45, 7) is 1.63. The smallest absolute Gasteiger partial charge is 0.335 e. The summed E-state index contributed by atoms with van der Waals surface area (Å²) in [5.74, 6) is -6.22. The summed E-state index contributed by atoms with van der Waals surface area (Å²) in [7, 11) is 0. The Labute approximate surface area is 333 Å². The van der Waals surface area contributed by atoms with Crippen molar-refractivity contribution in [3.05, 3.63) is 200 Å². The molecule has 8 rings (SSSR count). The van der Waals surface area contributed by atoms with Crippen LogP contribution in [0.15, 0.2) is 127 Å². The van der Waals surface area contributed by atoms with Crippen molar-refractivity contribution in [3.8, 4) is 0 Å². The molecular weight excluding hydrogens is 757 g/mol. The first-order valence-electron chi connectivity index (χ1n) is 17.8. The maximum Gasteiger partial charge on any atom is 0.335 e. The predicted octanol–water partition coefficient (Wildman–Crippen LogP) is 6.69. The highest BCUT2D eigenvalue weighted by molar-refractivity contribution is 6.36. The molecule has 13 nitrogen and oxygen atoms in total. The Hall–Kier alpha value is -8.45. The van der Waals surface area contributed by atoms with E-state index in [1.165, 1.54) is 127 Å². The number of fused-ring (bicyclic) bond motifs is 2. The van der Waals surface area contributed by atoms with Crippen molar-refractivity contribution >= 4 is 64.3 Å². The number of aryl methyl sites for hydroxylation is 1. The number of imide groups is 2. The third kappa shape index (κ3) is 6.38. The zero-order chi connectivity index (χ0) is 41.9. The second-order valence-electron chi connectivity index (χ2n) is 13.7. The van der Waals surface area contributed by atoms with Crippen molar-refractivity contribution in [3.63, 3.8) is 0 Å². The van der Waals surface area contributed by atoms with Gasteiger partial charge < -0.3 is 10.2 Å². The molecular formula is C46H26N2O11. The topological polar surface area (TPSA) is 201 Å². The zero-order valence-corrected chi connectivity index (χ0v) is 30.6. The lowest BCUT2D eigenvalue weighted by Crippen LogP contribution is -2.30. The molecule has 2 aliphatic heterocycles. The molecule has 0 atom stereocenters. The fourth-order valence-electron chi connectivity index (χ4n) is 7.06. The van der Waals surface area contributed by atoms with E-state index in [1.54, 1.807) is 6.92 Å². The van der Waals surface area contributed by atoms with Gasteiger partial charge in [0.25, 0.3) is 23.6 Å². The molecule has 2 heterocycles. The number of aromatic carboxylic acids is 2. The number of rotatable bonds is 10. The van der Waals surface area contributed by atoms with Gasteiger partial charge in [-0.05, 0) is 103 Å². The standard InChI is InChI=1S/C46H26N2O11/c1-23-20-29(14-19-37(23)48-42(53)34-18-13-31(22-36(34)44(48)55)40(51)25-4-8-28(9-5-25)46(58)59)38(49)26-10-15-32(16-11-26)47-41(52)33-17-12-30(21-35(33)43(47)54)39(50)24-2-6-27(7-3-24)45(56)57/h2-22H,1H3,(H,56,57)(H,58,59). The SMILES string of the molecule is Cc1cc(C(=O)c2ccc(N3C(=O)c4ccc(C(=O)c5ccc(C(=O)O)cc5)cc4C3=O)cc2)ccc1N1C(=O)c2ccc(C(=O)c3ccc(C(=O)O)cc3)cc2C1=O. The molecule has 59 heavy (non-hydrogen) atoms. The lowest BCUT2D eigenvalue weighted by atomic mass is 9.98. The summed E-state index contributed by atoms with van der Waals surface area (Å²) >= 11 is 0. The van der Waals surface area contributed by atoms with Gasteiger partial charge >= 0.3 is 11.9 Å². The highest BCUT2D eigenvalue weighted by Gasteiger charge is 2.39. The van der Waals surface area contributed by atoms with Gasteiger partial charge in [0, 0.05) is 33.4 Å². The number of benzene rings is 6. The number of hydrogen-bond acceptors (Lipinski definition) is 9. The second kappa shape index (κ2) is 14.2. The van der Waals surface area contributed by atoms with Gasteiger partial charge in [-0.1, -0.05) is 36.4 Å². The summed E-state index contributed by atoms with van der Waals surface area (Å²) in [5.41, 5.74) is 2.16. The lowest BCUT2D eigenvalue weighted by Gasteiger charge is -2.17. The molecule has 0 spiro atoms. The molecule has 13 heteroatoms. The minimum Gasteiger partial charge on any atom is -0.478 e. The molecule has 0 radical (unpaired) electrons. The average Bonchev–Trinajstić information content (AvgIpc) is 3.65. The van der Waals surface area contributed by atoms with Gasteiger partial charge in [-0.2, -0.15) is 0 Å². The molecule has 6 aromatic rings. The first-order valence-corrected chi connectivity index (χ1v) is 17.8. The fourth-order valence-corrected chi connectivity index (χ4v) is 7.06. The van der Waals surface area contributed by atoms with Crippen molar-refractivity contribution in [1.82, 2.24) is 0 Å². The Morgan fingerprint density at radius 2 is 0.695 bits per heavy atom. The van der Waals surface area contributed by atoms with Gasteiger partial charge in [-0.3, -0.25) is 33.6 Å². The number of ketones is 3. The van der Waals surface area contributed by atoms with Crippen LogP contribution in [0, 0.1) is 6.92 Å². The van der Waals surface area contributed by atoms with Crippen molar-refractivity contribution in [2.75, 3.05) is 9.80 Å². The molecule has 0 saturated carbocycles. The van der Waals surface area contributed by atoms with Crippen molar-refractivity contribution in [2.24, 2.45) is 0 Å². The first kappa shape index (κ1) is 37.5. The maximum atomic E-state index is 13.6. The van der Waals surface area contributed by atoms with Gasteiger partial charge in [-0.15, -0.1) is 0 Å². The summed E-state index contributed by atoms with van der Waals surface area (Å²) in [4.78, 5) is 118. The van der Waals surface area contributed by atoms with E-state index in [0.29, 0.717) is 5.56 Å². The molecule has 0 fully saturated rings. The van der Waals surface area contributed by atoms with Crippen LogP contribution in [0.1, 0.15) is 115 Å². The molecule has 0 aliphatic carbocycles. The van der Waals surface area contributed by atoms with E-state index in [9.17, 15) is 43.2 Å². The van der Waals surface area contributed by atoms with E-state index in [4.69, 9.17) is 10.2 Å². The van der Waals surface area contributed by atoms with E-state index in [1.807, 2.05) is 0 Å². The molecule has 2 N–H and O–H groups in total. The number of anilines is 2. The molecule has 0 bridgehead atoms. The van der Waals surface area contributed by atoms with Crippen LogP contribution >= 0.6 is 0 Å². The van der Waals surface area contributed by atoms with Crippen LogP contribution in [0.2, 0.25) is 0 Å². The molecule has 0 saturated heterocycles. The average molecular weight is 783 g/mol. The number of amides is 4. The third-order valence-electron chi connectivity index (χ3n) is 10.2. The van der Waals surface area contributed by atoms with Crippen LogP contribution in [0.3, 0.4) is 0 Å². The van der Waals surface area contributed by atoms with Crippen molar-refractivity contribution < 1.29 is 53.4 Å². The normalized spacial score (nSPS) is 13.0. The zero-order valence-electron chi connectivity index (χ0n) is 30.6. The number of nitrogens with zero attached hydrogens (tertiary/aromatic N) is 2. The predicted molar refractivity (Wildman–Crippen MR) is 210 cm³/mol. The minimum atomic E-state index is -1.14. The van der Waals surface area contributed by atoms with E-state index in [2.05, 4.69) is 0 Å². The monoisotopic (exact) mass is 782 g/mol. The Morgan fingerprint density at radius 3 is 1.12 bits per heavy atom. The molecule has 4 amide bonds. The molecule has 2 aliphatic rings. The van der Waals surface area contributed by atoms with Crippen LogP contribution in [0.25, 0.3) is 0 Å². The first-order chi connectivity index (χ1) is 28.2. The Balaban J connectivity index is 0.972. The number of hydrogen-bond donors (Lipinski definition) is 2. The highest BCUT2D eigenvalue weighted by atomic mass is 16.4. The number of carboxylic acids is 2. The minimum absolute atomic E-state index is 0.00606. The van der Waals surface area contributed by atoms with Gasteiger partial charge in [0.15, 0.2) is 17.3 Å².